The molecule has 1 aliphatic heterocycles. The van der Waals surface area contributed by atoms with Crippen LogP contribution in [0.15, 0.2) is 35.3 Å². The Kier molecular flexibility index (Phi) is 10.8. The van der Waals surface area contributed by atoms with E-state index < -0.39 is 0 Å². The summed E-state index contributed by atoms with van der Waals surface area (Å²) >= 11 is 0. The van der Waals surface area contributed by atoms with Crippen LogP contribution in [-0.2, 0) is 9.53 Å². The lowest BCUT2D eigenvalue weighted by atomic mass is 10.0. The van der Waals surface area contributed by atoms with Gasteiger partial charge in [-0.15, -0.1) is 24.0 Å². The van der Waals surface area contributed by atoms with Crippen LogP contribution in [0.4, 0.5) is 0 Å². The molecule has 0 aromatic heterocycles. The van der Waals surface area contributed by atoms with Crippen molar-refractivity contribution in [3.8, 4) is 0 Å². The number of amides is 1. The van der Waals surface area contributed by atoms with E-state index in [4.69, 9.17) is 4.74 Å². The highest BCUT2D eigenvalue weighted by molar-refractivity contribution is 14.0. The van der Waals surface area contributed by atoms with Crippen LogP contribution in [0, 0.1) is 0 Å². The van der Waals surface area contributed by atoms with Gasteiger partial charge in [0.25, 0.3) is 0 Å². The lowest BCUT2D eigenvalue weighted by molar-refractivity contribution is -0.121. The summed E-state index contributed by atoms with van der Waals surface area (Å²) in [6.07, 6.45) is 0. The maximum atomic E-state index is 12.0. The molecule has 7 nitrogen and oxygen atoms in total. The van der Waals surface area contributed by atoms with Crippen molar-refractivity contribution < 1.29 is 9.53 Å². The van der Waals surface area contributed by atoms with Crippen LogP contribution in [-0.4, -0.2) is 68.7 Å². The van der Waals surface area contributed by atoms with E-state index in [1.807, 2.05) is 26.8 Å². The van der Waals surface area contributed by atoms with Crippen molar-refractivity contribution in [3.63, 3.8) is 0 Å². The van der Waals surface area contributed by atoms with Crippen LogP contribution in [0.1, 0.15) is 32.4 Å². The molecule has 1 aromatic rings. The quantitative estimate of drug-likeness (QED) is 0.314. The molecule has 3 N–H and O–H groups in total. The second-order valence-corrected chi connectivity index (χ2v) is 7.68. The first-order chi connectivity index (χ1) is 12.9. The highest BCUT2D eigenvalue weighted by Crippen LogP contribution is 2.20. The van der Waals surface area contributed by atoms with Gasteiger partial charge in [0.05, 0.1) is 25.8 Å². The Labute approximate surface area is 185 Å². The van der Waals surface area contributed by atoms with Crippen molar-refractivity contribution in [2.45, 2.75) is 32.4 Å². The van der Waals surface area contributed by atoms with Gasteiger partial charge in [-0.05, 0) is 26.3 Å². The summed E-state index contributed by atoms with van der Waals surface area (Å²) in [5.41, 5.74) is 1.01. The first kappa shape index (κ1) is 24.6. The van der Waals surface area contributed by atoms with Crippen molar-refractivity contribution in [1.82, 2.24) is 20.9 Å². The summed E-state index contributed by atoms with van der Waals surface area (Å²) in [6.45, 7) is 10.1. The van der Waals surface area contributed by atoms with Crippen LogP contribution in [0.25, 0.3) is 0 Å². The monoisotopic (exact) mass is 503 g/mol. The fourth-order valence-corrected chi connectivity index (χ4v) is 3.06. The van der Waals surface area contributed by atoms with E-state index in [1.54, 1.807) is 7.05 Å². The van der Waals surface area contributed by atoms with Crippen LogP contribution in [0.3, 0.4) is 0 Å². The van der Waals surface area contributed by atoms with Gasteiger partial charge in [0.2, 0.25) is 5.91 Å². The zero-order valence-corrected chi connectivity index (χ0v) is 19.7. The number of benzene rings is 1. The van der Waals surface area contributed by atoms with E-state index >= 15 is 0 Å². The number of nitrogens with one attached hydrogen (secondary N) is 3. The van der Waals surface area contributed by atoms with Crippen molar-refractivity contribution in [2.75, 3.05) is 46.4 Å². The molecule has 0 aliphatic carbocycles. The number of nitrogens with zero attached hydrogens (tertiary/aromatic N) is 2. The van der Waals surface area contributed by atoms with Crippen molar-refractivity contribution >= 4 is 35.8 Å². The van der Waals surface area contributed by atoms with Gasteiger partial charge in [0.1, 0.15) is 0 Å². The Morgan fingerprint density at radius 1 is 1.18 bits per heavy atom. The average Bonchev–Trinajstić information content (AvgIpc) is 2.64. The molecule has 0 saturated carbocycles. The van der Waals surface area contributed by atoms with Crippen molar-refractivity contribution in [1.29, 1.82) is 0 Å². The predicted octanol–water partition coefficient (Wildman–Crippen LogP) is 1.76. The van der Waals surface area contributed by atoms with E-state index in [2.05, 4.69) is 50.1 Å². The molecule has 1 heterocycles. The minimum absolute atomic E-state index is 0. The van der Waals surface area contributed by atoms with Gasteiger partial charge in [0, 0.05) is 32.2 Å². The molecule has 1 aliphatic rings. The maximum Gasteiger partial charge on any atom is 0.239 e. The summed E-state index contributed by atoms with van der Waals surface area (Å²) in [6, 6.07) is 10.7. The molecule has 0 radical (unpaired) electrons. The molecule has 1 atom stereocenters. The number of carbonyl (C=O) groups is 1. The summed E-state index contributed by atoms with van der Waals surface area (Å²) in [5, 5.41) is 9.38. The van der Waals surface area contributed by atoms with Gasteiger partial charge in [-0.1, -0.05) is 30.3 Å². The van der Waals surface area contributed by atoms with Crippen LogP contribution < -0.4 is 16.0 Å². The Balaban J connectivity index is 0.00000392. The van der Waals surface area contributed by atoms with Gasteiger partial charge in [-0.25, -0.2) is 0 Å². The van der Waals surface area contributed by atoms with E-state index in [0.29, 0.717) is 12.5 Å². The highest BCUT2D eigenvalue weighted by atomic mass is 127. The number of aliphatic imine (C=N–C) groups is 1. The van der Waals surface area contributed by atoms with Gasteiger partial charge < -0.3 is 20.7 Å². The molecule has 2 rings (SSSR count). The lowest BCUT2D eigenvalue weighted by Crippen LogP contribution is -2.50. The third-order valence-electron chi connectivity index (χ3n) is 4.29. The van der Waals surface area contributed by atoms with Crippen molar-refractivity contribution in [2.24, 2.45) is 4.99 Å². The van der Waals surface area contributed by atoms with Crippen LogP contribution >= 0.6 is 24.0 Å². The number of guanidine groups is 1. The first-order valence-corrected chi connectivity index (χ1v) is 9.51. The van der Waals surface area contributed by atoms with E-state index in [9.17, 15) is 4.79 Å². The number of rotatable bonds is 6. The molecule has 1 saturated heterocycles. The Bertz CT molecular complexity index is 613. The second-order valence-electron chi connectivity index (χ2n) is 7.68. The molecule has 0 spiro atoms. The SMILES string of the molecule is CN=C(NCC(=O)NC(C)(C)C)NCC(c1ccccc1)N1CCOCC1.I. The largest absolute Gasteiger partial charge is 0.379 e. The summed E-state index contributed by atoms with van der Waals surface area (Å²) in [4.78, 5) is 18.7. The maximum absolute atomic E-state index is 12.0. The van der Waals surface area contributed by atoms with E-state index in [1.165, 1.54) is 5.56 Å². The van der Waals surface area contributed by atoms with E-state index in [-0.39, 0.29) is 48.0 Å². The lowest BCUT2D eigenvalue weighted by Gasteiger charge is -2.35. The molecule has 1 amide bonds. The third kappa shape index (κ3) is 8.74. The van der Waals surface area contributed by atoms with Gasteiger partial charge in [-0.3, -0.25) is 14.7 Å². The fourth-order valence-electron chi connectivity index (χ4n) is 3.06. The predicted molar refractivity (Wildman–Crippen MR) is 124 cm³/mol. The number of halogens is 1. The molecule has 0 bridgehead atoms. The molecular formula is C20H34IN5O2. The Hall–Kier alpha value is -1.39. The number of ether oxygens (including phenoxy) is 1. The molecule has 1 unspecified atom stereocenters. The molecule has 1 fully saturated rings. The highest BCUT2D eigenvalue weighted by Gasteiger charge is 2.23. The zero-order valence-electron chi connectivity index (χ0n) is 17.3. The number of carbonyl (C=O) groups excluding carboxylic acids is 1. The van der Waals surface area contributed by atoms with Gasteiger partial charge in [0.15, 0.2) is 5.96 Å². The topological polar surface area (TPSA) is 78.0 Å². The standard InChI is InChI=1S/C20H33N5O2.HI/c1-20(2,3)24-18(26)15-23-19(21-4)22-14-17(16-8-6-5-7-9-16)25-10-12-27-13-11-25;/h5-9,17H,10-15H2,1-4H3,(H,24,26)(H2,21,22,23);1H. The van der Waals surface area contributed by atoms with Crippen LogP contribution in [0.5, 0.6) is 0 Å². The number of hydrogen-bond acceptors (Lipinski definition) is 4. The van der Waals surface area contributed by atoms with Gasteiger partial charge >= 0.3 is 0 Å². The normalized spacial score (nSPS) is 16.6. The molecule has 8 heteroatoms. The van der Waals surface area contributed by atoms with Crippen molar-refractivity contribution in [3.05, 3.63) is 35.9 Å². The zero-order chi connectivity index (χ0) is 19.7. The smallest absolute Gasteiger partial charge is 0.239 e. The minimum atomic E-state index is -0.246. The second kappa shape index (κ2) is 12.2. The molecule has 28 heavy (non-hydrogen) atoms. The Morgan fingerprint density at radius 2 is 1.82 bits per heavy atom. The Morgan fingerprint density at radius 3 is 2.39 bits per heavy atom. The molecular weight excluding hydrogens is 469 g/mol. The number of hydrogen-bond donors (Lipinski definition) is 3. The minimum Gasteiger partial charge on any atom is -0.379 e. The molecule has 158 valence electrons. The third-order valence-corrected chi connectivity index (χ3v) is 4.29. The average molecular weight is 503 g/mol. The summed E-state index contributed by atoms with van der Waals surface area (Å²) in [5.74, 6) is 0.562. The first-order valence-electron chi connectivity index (χ1n) is 9.51. The van der Waals surface area contributed by atoms with Gasteiger partial charge in [-0.2, -0.15) is 0 Å². The number of morpholine rings is 1. The summed E-state index contributed by atoms with van der Waals surface area (Å²) in [7, 11) is 1.71. The summed E-state index contributed by atoms with van der Waals surface area (Å²) < 4.78 is 5.49. The van der Waals surface area contributed by atoms with E-state index in [0.717, 1.165) is 26.3 Å². The van der Waals surface area contributed by atoms with Crippen LogP contribution in [0.2, 0.25) is 0 Å². The molecule has 1 aromatic carbocycles. The fraction of sp³-hybridized carbons (Fsp3) is 0.600.